The number of nitriles is 1. The lowest BCUT2D eigenvalue weighted by molar-refractivity contribution is 0.305. The minimum atomic E-state index is -0.370. The summed E-state index contributed by atoms with van der Waals surface area (Å²) in [6.07, 6.45) is 0.561. The first-order valence-corrected chi connectivity index (χ1v) is 4.53. The predicted molar refractivity (Wildman–Crippen MR) is 54.3 cm³/mol. The van der Waals surface area contributed by atoms with Crippen molar-refractivity contribution in [1.29, 1.82) is 5.26 Å². The third-order valence-corrected chi connectivity index (χ3v) is 1.80. The number of aliphatic hydroxyl groups is 1. The van der Waals surface area contributed by atoms with Crippen LogP contribution in [-0.4, -0.2) is 11.7 Å². The highest BCUT2D eigenvalue weighted by Crippen LogP contribution is 2.10. The van der Waals surface area contributed by atoms with Gasteiger partial charge in [0.05, 0.1) is 19.1 Å². The van der Waals surface area contributed by atoms with Gasteiger partial charge in [-0.1, -0.05) is 17.9 Å². The van der Waals surface area contributed by atoms with Gasteiger partial charge in [0.15, 0.2) is 0 Å². The summed E-state index contributed by atoms with van der Waals surface area (Å²) in [6.45, 7) is -0.0180. The molecule has 0 aromatic heterocycles. The van der Waals surface area contributed by atoms with Crippen molar-refractivity contribution < 1.29 is 9.50 Å². The first-order chi connectivity index (χ1) is 7.27. The average Bonchev–Trinajstić information content (AvgIpc) is 2.22. The molecule has 1 aromatic rings. The fourth-order valence-corrected chi connectivity index (χ4v) is 1.12. The van der Waals surface area contributed by atoms with Gasteiger partial charge in [0.2, 0.25) is 0 Å². The quantitative estimate of drug-likeness (QED) is 0.742. The molecule has 1 N–H and O–H groups in total. The van der Waals surface area contributed by atoms with Crippen LogP contribution in [0.2, 0.25) is 0 Å². The molecule has 0 unspecified atom stereocenters. The van der Waals surface area contributed by atoms with E-state index in [-0.39, 0.29) is 18.8 Å². The van der Waals surface area contributed by atoms with Gasteiger partial charge in [-0.25, -0.2) is 4.39 Å². The molecule has 0 aliphatic carbocycles. The molecule has 0 aliphatic heterocycles. The predicted octanol–water partition coefficient (Wildman–Crippen LogP) is 1.63. The average molecular weight is 203 g/mol. The van der Waals surface area contributed by atoms with E-state index >= 15 is 0 Å². The number of hydrogen-bond acceptors (Lipinski definition) is 2. The van der Waals surface area contributed by atoms with E-state index in [0.29, 0.717) is 17.5 Å². The monoisotopic (exact) mass is 203 g/mol. The minimum absolute atomic E-state index is 0.0180. The maximum absolute atomic E-state index is 12.9. The van der Waals surface area contributed by atoms with Crippen LogP contribution in [0.4, 0.5) is 4.39 Å². The summed E-state index contributed by atoms with van der Waals surface area (Å²) < 4.78 is 12.9. The topological polar surface area (TPSA) is 44.0 Å². The standard InChI is InChI=1S/C12H10FNO/c13-12-5-4-10(6-7-14)11(9-12)3-1-2-8-15/h4-5,9,15H,2,6,8H2. The highest BCUT2D eigenvalue weighted by molar-refractivity contribution is 5.42. The number of hydrogen-bond donors (Lipinski definition) is 1. The molecule has 0 aliphatic rings. The zero-order valence-corrected chi connectivity index (χ0v) is 8.13. The van der Waals surface area contributed by atoms with E-state index in [4.69, 9.17) is 10.4 Å². The van der Waals surface area contributed by atoms with Gasteiger partial charge in [-0.3, -0.25) is 0 Å². The second-order valence-electron chi connectivity index (χ2n) is 2.91. The molecule has 76 valence electrons. The molecular weight excluding hydrogens is 193 g/mol. The molecule has 0 saturated heterocycles. The zero-order chi connectivity index (χ0) is 11.1. The molecular formula is C12H10FNO. The molecule has 0 amide bonds. The third-order valence-electron chi connectivity index (χ3n) is 1.80. The summed E-state index contributed by atoms with van der Waals surface area (Å²) >= 11 is 0. The highest BCUT2D eigenvalue weighted by atomic mass is 19.1. The second kappa shape index (κ2) is 5.80. The first kappa shape index (κ1) is 11.2. The van der Waals surface area contributed by atoms with Crippen molar-refractivity contribution in [2.45, 2.75) is 12.8 Å². The molecule has 15 heavy (non-hydrogen) atoms. The van der Waals surface area contributed by atoms with Crippen LogP contribution in [-0.2, 0) is 6.42 Å². The molecule has 0 fully saturated rings. The number of benzene rings is 1. The maximum Gasteiger partial charge on any atom is 0.124 e. The number of nitrogens with zero attached hydrogens (tertiary/aromatic N) is 1. The van der Waals surface area contributed by atoms with Crippen LogP contribution in [0.5, 0.6) is 0 Å². The molecule has 3 heteroatoms. The van der Waals surface area contributed by atoms with Gasteiger partial charge in [0, 0.05) is 12.0 Å². The number of rotatable bonds is 2. The van der Waals surface area contributed by atoms with Crippen molar-refractivity contribution in [2.24, 2.45) is 0 Å². The van der Waals surface area contributed by atoms with Gasteiger partial charge in [-0.15, -0.1) is 0 Å². The Hall–Kier alpha value is -1.84. The fraction of sp³-hybridized carbons (Fsp3) is 0.250. The van der Waals surface area contributed by atoms with Crippen LogP contribution in [0.15, 0.2) is 18.2 Å². The Kier molecular flexibility index (Phi) is 4.34. The number of aliphatic hydroxyl groups excluding tert-OH is 1. The lowest BCUT2D eigenvalue weighted by Gasteiger charge is -1.99. The van der Waals surface area contributed by atoms with Gasteiger partial charge < -0.3 is 5.11 Å². The molecule has 0 atom stereocenters. The molecule has 0 saturated carbocycles. The van der Waals surface area contributed by atoms with Crippen LogP contribution in [0, 0.1) is 29.0 Å². The van der Waals surface area contributed by atoms with Crippen molar-refractivity contribution in [3.8, 4) is 17.9 Å². The first-order valence-electron chi connectivity index (χ1n) is 4.53. The van der Waals surface area contributed by atoms with Gasteiger partial charge in [0.1, 0.15) is 5.82 Å². The Morgan fingerprint density at radius 2 is 2.20 bits per heavy atom. The Bertz CT molecular complexity index is 437. The normalized spacial score (nSPS) is 8.87. The highest BCUT2D eigenvalue weighted by Gasteiger charge is 2.00. The van der Waals surface area contributed by atoms with Gasteiger partial charge in [-0.2, -0.15) is 5.26 Å². The molecule has 0 bridgehead atoms. The van der Waals surface area contributed by atoms with Crippen molar-refractivity contribution in [1.82, 2.24) is 0 Å². The smallest absolute Gasteiger partial charge is 0.124 e. The molecule has 0 radical (unpaired) electrons. The fourth-order valence-electron chi connectivity index (χ4n) is 1.12. The Labute approximate surface area is 88.0 Å². The van der Waals surface area contributed by atoms with E-state index in [2.05, 4.69) is 11.8 Å². The van der Waals surface area contributed by atoms with E-state index < -0.39 is 0 Å². The van der Waals surface area contributed by atoms with E-state index in [1.165, 1.54) is 12.1 Å². The Morgan fingerprint density at radius 1 is 1.40 bits per heavy atom. The van der Waals surface area contributed by atoms with E-state index in [0.717, 1.165) is 0 Å². The zero-order valence-electron chi connectivity index (χ0n) is 8.13. The minimum Gasteiger partial charge on any atom is -0.395 e. The van der Waals surface area contributed by atoms with E-state index in [1.54, 1.807) is 6.07 Å². The molecule has 2 nitrogen and oxygen atoms in total. The summed E-state index contributed by atoms with van der Waals surface area (Å²) in [5.41, 5.74) is 1.23. The van der Waals surface area contributed by atoms with Crippen LogP contribution in [0.3, 0.4) is 0 Å². The summed E-state index contributed by atoms with van der Waals surface area (Å²) in [5.74, 6) is 5.07. The van der Waals surface area contributed by atoms with Crippen LogP contribution >= 0.6 is 0 Å². The summed E-state index contributed by atoms with van der Waals surface area (Å²) in [5, 5.41) is 17.1. The van der Waals surface area contributed by atoms with E-state index in [9.17, 15) is 4.39 Å². The Morgan fingerprint density at radius 3 is 2.87 bits per heavy atom. The lowest BCUT2D eigenvalue weighted by Crippen LogP contribution is -1.90. The Balaban J connectivity index is 2.99. The molecule has 1 rings (SSSR count). The van der Waals surface area contributed by atoms with E-state index in [1.807, 2.05) is 6.07 Å². The van der Waals surface area contributed by atoms with Gasteiger partial charge in [0.25, 0.3) is 0 Å². The summed E-state index contributed by atoms with van der Waals surface area (Å²) in [7, 11) is 0. The SMILES string of the molecule is N#CCc1ccc(F)cc1C#CCCO. The summed E-state index contributed by atoms with van der Waals surface area (Å²) in [4.78, 5) is 0. The van der Waals surface area contributed by atoms with Crippen LogP contribution < -0.4 is 0 Å². The second-order valence-corrected chi connectivity index (χ2v) is 2.91. The van der Waals surface area contributed by atoms with Gasteiger partial charge >= 0.3 is 0 Å². The van der Waals surface area contributed by atoms with Gasteiger partial charge in [-0.05, 0) is 17.7 Å². The lowest BCUT2D eigenvalue weighted by atomic mass is 10.1. The van der Waals surface area contributed by atoms with Crippen molar-refractivity contribution in [3.05, 3.63) is 35.1 Å². The third kappa shape index (κ3) is 3.42. The number of halogens is 1. The van der Waals surface area contributed by atoms with Crippen molar-refractivity contribution in [3.63, 3.8) is 0 Å². The van der Waals surface area contributed by atoms with Crippen molar-refractivity contribution >= 4 is 0 Å². The molecule has 0 heterocycles. The van der Waals surface area contributed by atoms with Crippen LogP contribution in [0.25, 0.3) is 0 Å². The largest absolute Gasteiger partial charge is 0.395 e. The molecule has 0 spiro atoms. The van der Waals surface area contributed by atoms with Crippen molar-refractivity contribution in [2.75, 3.05) is 6.61 Å². The van der Waals surface area contributed by atoms with Crippen LogP contribution in [0.1, 0.15) is 17.5 Å². The maximum atomic E-state index is 12.9. The molecule has 1 aromatic carbocycles. The summed E-state index contributed by atoms with van der Waals surface area (Å²) in [6, 6.07) is 6.16.